The van der Waals surface area contributed by atoms with E-state index in [0.717, 1.165) is 25.2 Å². The Bertz CT molecular complexity index is 951. The standard InChI is InChI=1S/C17H17Br2ClN6S/c1-24(10-15-12(18)7-21-25(15)2)17(27)22-16-13(19)9-26(23-16)8-11-5-3-4-6-14(11)20/h3-7,9H,8,10H2,1-2H3,(H,22,23,27). The van der Waals surface area contributed by atoms with Crippen molar-refractivity contribution in [2.45, 2.75) is 13.1 Å². The third-order valence-corrected chi connectivity index (χ3v) is 6.00. The Balaban J connectivity index is 1.67. The highest BCUT2D eigenvalue weighted by molar-refractivity contribution is 9.10. The van der Waals surface area contributed by atoms with Crippen molar-refractivity contribution in [3.05, 3.63) is 61.9 Å². The van der Waals surface area contributed by atoms with Crippen LogP contribution in [0.4, 0.5) is 5.82 Å². The van der Waals surface area contributed by atoms with E-state index >= 15 is 0 Å². The molecule has 0 bridgehead atoms. The average Bonchev–Trinajstić information content (AvgIpc) is 3.13. The molecular formula is C17H17Br2ClN6S. The molecule has 2 aromatic heterocycles. The van der Waals surface area contributed by atoms with Crippen LogP contribution in [-0.2, 0) is 20.1 Å². The lowest BCUT2D eigenvalue weighted by Gasteiger charge is -2.20. The summed E-state index contributed by atoms with van der Waals surface area (Å²) < 4.78 is 5.41. The Morgan fingerprint density at radius 2 is 2.04 bits per heavy atom. The molecule has 0 aliphatic heterocycles. The summed E-state index contributed by atoms with van der Waals surface area (Å²) in [6.45, 7) is 1.19. The maximum absolute atomic E-state index is 6.23. The largest absolute Gasteiger partial charge is 0.346 e. The van der Waals surface area contributed by atoms with Gasteiger partial charge in [0.1, 0.15) is 0 Å². The molecule has 0 aliphatic carbocycles. The first kappa shape index (κ1) is 20.3. The monoisotopic (exact) mass is 530 g/mol. The van der Waals surface area contributed by atoms with Crippen molar-refractivity contribution in [1.29, 1.82) is 0 Å². The number of hydrogen-bond donors (Lipinski definition) is 1. The van der Waals surface area contributed by atoms with Crippen LogP contribution in [0, 0.1) is 0 Å². The van der Waals surface area contributed by atoms with Crippen LogP contribution in [0.15, 0.2) is 45.6 Å². The highest BCUT2D eigenvalue weighted by Crippen LogP contribution is 2.23. The molecule has 142 valence electrons. The third kappa shape index (κ3) is 4.90. The molecule has 1 aromatic carbocycles. The fourth-order valence-electron chi connectivity index (χ4n) is 2.47. The number of anilines is 1. The van der Waals surface area contributed by atoms with Gasteiger partial charge in [0, 0.05) is 25.3 Å². The van der Waals surface area contributed by atoms with Crippen molar-refractivity contribution in [2.24, 2.45) is 7.05 Å². The van der Waals surface area contributed by atoms with Crippen LogP contribution in [0.25, 0.3) is 0 Å². The Labute approximate surface area is 184 Å². The van der Waals surface area contributed by atoms with Gasteiger partial charge in [-0.3, -0.25) is 9.36 Å². The Kier molecular flexibility index (Phi) is 6.56. The molecule has 0 unspecified atom stereocenters. The molecule has 27 heavy (non-hydrogen) atoms. The van der Waals surface area contributed by atoms with E-state index in [1.165, 1.54) is 0 Å². The van der Waals surface area contributed by atoms with Crippen LogP contribution >= 0.6 is 55.7 Å². The summed E-state index contributed by atoms with van der Waals surface area (Å²) in [7, 11) is 3.82. The first-order valence-corrected chi connectivity index (χ1v) is 10.4. The van der Waals surface area contributed by atoms with Crippen LogP contribution in [0.2, 0.25) is 5.02 Å². The zero-order valence-electron chi connectivity index (χ0n) is 14.7. The molecule has 0 aliphatic rings. The lowest BCUT2D eigenvalue weighted by atomic mass is 10.2. The van der Waals surface area contributed by atoms with E-state index in [2.05, 4.69) is 47.4 Å². The summed E-state index contributed by atoms with van der Waals surface area (Å²) in [6, 6.07) is 7.72. The quantitative estimate of drug-likeness (QED) is 0.484. The second-order valence-corrected chi connectivity index (χ2v) is 8.47. The Morgan fingerprint density at radius 3 is 2.70 bits per heavy atom. The van der Waals surface area contributed by atoms with Gasteiger partial charge in [-0.05, 0) is 55.7 Å². The van der Waals surface area contributed by atoms with Gasteiger partial charge in [0.2, 0.25) is 0 Å². The minimum absolute atomic E-state index is 0.562. The highest BCUT2D eigenvalue weighted by Gasteiger charge is 2.14. The van der Waals surface area contributed by atoms with Gasteiger partial charge in [0.05, 0.1) is 33.9 Å². The first-order chi connectivity index (χ1) is 12.8. The van der Waals surface area contributed by atoms with Gasteiger partial charge in [-0.1, -0.05) is 29.8 Å². The maximum Gasteiger partial charge on any atom is 0.174 e. The van der Waals surface area contributed by atoms with Gasteiger partial charge in [-0.2, -0.15) is 10.2 Å². The van der Waals surface area contributed by atoms with Crippen molar-refractivity contribution in [2.75, 3.05) is 12.4 Å². The zero-order valence-corrected chi connectivity index (χ0v) is 19.4. The normalized spacial score (nSPS) is 10.9. The summed E-state index contributed by atoms with van der Waals surface area (Å²) in [5.74, 6) is 0.656. The summed E-state index contributed by atoms with van der Waals surface area (Å²) in [5.41, 5.74) is 2.03. The molecule has 0 atom stereocenters. The van der Waals surface area contributed by atoms with Crippen molar-refractivity contribution in [1.82, 2.24) is 24.5 Å². The first-order valence-electron chi connectivity index (χ1n) is 8.00. The molecule has 0 radical (unpaired) electrons. The summed E-state index contributed by atoms with van der Waals surface area (Å²) in [6.07, 6.45) is 3.67. The van der Waals surface area contributed by atoms with Crippen LogP contribution in [-0.4, -0.2) is 36.6 Å². The van der Waals surface area contributed by atoms with Crippen LogP contribution in [0.1, 0.15) is 11.3 Å². The van der Waals surface area contributed by atoms with Crippen LogP contribution < -0.4 is 5.32 Å². The number of benzene rings is 1. The van der Waals surface area contributed by atoms with E-state index in [1.54, 1.807) is 6.20 Å². The van der Waals surface area contributed by atoms with Crippen LogP contribution in [0.5, 0.6) is 0 Å². The van der Waals surface area contributed by atoms with E-state index in [9.17, 15) is 0 Å². The average molecular weight is 533 g/mol. The number of halogens is 3. The molecule has 0 spiro atoms. The van der Waals surface area contributed by atoms with E-state index in [0.29, 0.717) is 24.0 Å². The topological polar surface area (TPSA) is 50.9 Å². The Hall–Kier alpha value is -1.42. The molecule has 0 saturated carbocycles. The molecule has 6 nitrogen and oxygen atoms in total. The number of hydrogen-bond acceptors (Lipinski definition) is 3. The third-order valence-electron chi connectivity index (χ3n) is 3.98. The molecule has 3 aromatic rings. The van der Waals surface area contributed by atoms with Gasteiger partial charge in [0.15, 0.2) is 10.9 Å². The predicted octanol–water partition coefficient (Wildman–Crippen LogP) is 4.67. The van der Waals surface area contributed by atoms with Crippen molar-refractivity contribution < 1.29 is 0 Å². The molecule has 0 saturated heterocycles. The molecule has 10 heteroatoms. The zero-order chi connectivity index (χ0) is 19.6. The summed E-state index contributed by atoms with van der Waals surface area (Å²) >= 11 is 18.8. The lowest BCUT2D eigenvalue weighted by Crippen LogP contribution is -2.31. The molecule has 0 fully saturated rings. The van der Waals surface area contributed by atoms with Crippen LogP contribution in [0.3, 0.4) is 0 Å². The molecular weight excluding hydrogens is 516 g/mol. The number of aromatic nitrogens is 4. The molecule has 1 N–H and O–H groups in total. The molecule has 2 heterocycles. The molecule has 0 amide bonds. The predicted molar refractivity (Wildman–Crippen MR) is 119 cm³/mol. The number of thiocarbonyl (C=S) groups is 1. The Morgan fingerprint density at radius 1 is 1.30 bits per heavy atom. The van der Waals surface area contributed by atoms with Gasteiger partial charge in [0.25, 0.3) is 0 Å². The van der Waals surface area contributed by atoms with E-state index in [1.807, 2.05) is 58.8 Å². The second-order valence-electron chi connectivity index (χ2n) is 5.96. The number of rotatable bonds is 5. The minimum atomic E-state index is 0.562. The van der Waals surface area contributed by atoms with Crippen molar-refractivity contribution in [3.8, 4) is 0 Å². The van der Waals surface area contributed by atoms with Gasteiger partial charge < -0.3 is 10.2 Å². The van der Waals surface area contributed by atoms with Crippen molar-refractivity contribution in [3.63, 3.8) is 0 Å². The SMILES string of the molecule is CN(Cc1c(Br)cnn1C)C(=S)Nc1nn(Cc2ccccc2Cl)cc1Br. The fourth-order valence-corrected chi connectivity index (χ4v) is 3.72. The van der Waals surface area contributed by atoms with Crippen molar-refractivity contribution >= 4 is 66.6 Å². The van der Waals surface area contributed by atoms with Gasteiger partial charge >= 0.3 is 0 Å². The number of nitrogens with one attached hydrogen (secondary N) is 1. The smallest absolute Gasteiger partial charge is 0.174 e. The fraction of sp³-hybridized carbons (Fsp3) is 0.235. The second kappa shape index (κ2) is 8.72. The summed E-state index contributed by atoms with van der Waals surface area (Å²) in [5, 5.41) is 13.2. The van der Waals surface area contributed by atoms with E-state index in [-0.39, 0.29) is 0 Å². The highest BCUT2D eigenvalue weighted by atomic mass is 79.9. The minimum Gasteiger partial charge on any atom is -0.346 e. The summed E-state index contributed by atoms with van der Waals surface area (Å²) in [4.78, 5) is 1.93. The van der Waals surface area contributed by atoms with Gasteiger partial charge in [-0.25, -0.2) is 0 Å². The number of nitrogens with zero attached hydrogens (tertiary/aromatic N) is 5. The number of aryl methyl sites for hydroxylation is 1. The lowest BCUT2D eigenvalue weighted by molar-refractivity contribution is 0.481. The van der Waals surface area contributed by atoms with Gasteiger partial charge in [-0.15, -0.1) is 0 Å². The van der Waals surface area contributed by atoms with E-state index in [4.69, 9.17) is 23.8 Å². The maximum atomic E-state index is 6.23. The molecule has 3 rings (SSSR count). The van der Waals surface area contributed by atoms with E-state index < -0.39 is 0 Å².